The summed E-state index contributed by atoms with van der Waals surface area (Å²) in [4.78, 5) is 8.68. The van der Waals surface area contributed by atoms with Gasteiger partial charge >= 0.3 is 0 Å². The molecule has 154 valence electrons. The predicted octanol–water partition coefficient (Wildman–Crippen LogP) is 3.26. The van der Waals surface area contributed by atoms with Gasteiger partial charge in [-0.3, -0.25) is 0 Å². The average Bonchev–Trinajstić information content (AvgIpc) is 3.12. The van der Waals surface area contributed by atoms with Gasteiger partial charge in [-0.1, -0.05) is 28.4 Å². The van der Waals surface area contributed by atoms with Gasteiger partial charge in [0.25, 0.3) is 0 Å². The van der Waals surface area contributed by atoms with Gasteiger partial charge in [0.05, 0.1) is 6.10 Å². The van der Waals surface area contributed by atoms with E-state index in [1.165, 1.54) is 0 Å². The van der Waals surface area contributed by atoms with Gasteiger partial charge in [-0.15, -0.1) is 0 Å². The standard InChI is InChI=1S/C18H25Cl2N5O3/c1-4-21-18(22-9-15(26)12-6-13(19)8-14(20)7-12)23-10-16-24-17(25-28-16)11(3)27-5-2/h6-8,11,15,26H,4-5,9-10H2,1-3H3,(H2,21,22,23). The lowest BCUT2D eigenvalue weighted by Crippen LogP contribution is -2.39. The van der Waals surface area contributed by atoms with Gasteiger partial charge in [-0.05, 0) is 44.5 Å². The van der Waals surface area contributed by atoms with Crippen molar-refractivity contribution in [3.63, 3.8) is 0 Å². The van der Waals surface area contributed by atoms with Crippen molar-refractivity contribution in [3.8, 4) is 0 Å². The van der Waals surface area contributed by atoms with Gasteiger partial charge in [0.2, 0.25) is 5.89 Å². The number of guanidine groups is 1. The third-order valence-corrected chi connectivity index (χ3v) is 4.15. The summed E-state index contributed by atoms with van der Waals surface area (Å²) in [5.74, 6) is 1.37. The molecule has 1 heterocycles. The molecular weight excluding hydrogens is 405 g/mol. The maximum Gasteiger partial charge on any atom is 0.248 e. The first-order valence-corrected chi connectivity index (χ1v) is 9.78. The first-order chi connectivity index (χ1) is 13.4. The zero-order valence-corrected chi connectivity index (χ0v) is 17.6. The summed E-state index contributed by atoms with van der Waals surface area (Å²) in [6, 6.07) is 4.95. The van der Waals surface area contributed by atoms with Crippen LogP contribution in [0, 0.1) is 0 Å². The van der Waals surface area contributed by atoms with E-state index in [-0.39, 0.29) is 19.2 Å². The molecular formula is C18H25Cl2N5O3. The van der Waals surface area contributed by atoms with Crippen LogP contribution in [0.5, 0.6) is 0 Å². The number of aliphatic imine (C=N–C) groups is 1. The lowest BCUT2D eigenvalue weighted by molar-refractivity contribution is 0.0683. The topological polar surface area (TPSA) is 105 Å². The summed E-state index contributed by atoms with van der Waals surface area (Å²) in [6.45, 7) is 7.34. The van der Waals surface area contributed by atoms with E-state index in [0.29, 0.717) is 46.4 Å². The first-order valence-electron chi connectivity index (χ1n) is 9.03. The quantitative estimate of drug-likeness (QED) is 0.414. The minimum Gasteiger partial charge on any atom is -0.387 e. The Morgan fingerprint density at radius 2 is 1.96 bits per heavy atom. The molecule has 2 unspecified atom stereocenters. The second-order valence-corrected chi connectivity index (χ2v) is 6.81. The monoisotopic (exact) mass is 429 g/mol. The Kier molecular flexibility index (Phi) is 8.98. The van der Waals surface area contributed by atoms with Crippen molar-refractivity contribution in [2.45, 2.75) is 39.5 Å². The molecule has 0 saturated heterocycles. The molecule has 1 aromatic carbocycles. The second-order valence-electron chi connectivity index (χ2n) is 5.94. The van der Waals surface area contributed by atoms with Crippen molar-refractivity contribution in [2.75, 3.05) is 19.7 Å². The molecule has 0 aliphatic rings. The van der Waals surface area contributed by atoms with Crippen LogP contribution in [0.1, 0.15) is 50.3 Å². The first kappa shape index (κ1) is 22.4. The molecule has 3 N–H and O–H groups in total. The minimum absolute atomic E-state index is 0.195. The molecule has 0 bridgehead atoms. The summed E-state index contributed by atoms with van der Waals surface area (Å²) in [6.07, 6.45) is -1.04. The number of nitrogens with one attached hydrogen (secondary N) is 2. The fourth-order valence-corrected chi connectivity index (χ4v) is 2.93. The number of ether oxygens (including phenoxy) is 1. The molecule has 0 spiro atoms. The molecule has 28 heavy (non-hydrogen) atoms. The largest absolute Gasteiger partial charge is 0.387 e. The van der Waals surface area contributed by atoms with Crippen LogP contribution in [0.3, 0.4) is 0 Å². The van der Waals surface area contributed by atoms with Crippen molar-refractivity contribution in [3.05, 3.63) is 45.5 Å². The highest BCUT2D eigenvalue weighted by Crippen LogP contribution is 2.23. The molecule has 0 aliphatic heterocycles. The number of benzene rings is 1. The molecule has 0 amide bonds. The Hall–Kier alpha value is -1.87. The van der Waals surface area contributed by atoms with Crippen LogP contribution in [0.2, 0.25) is 10.0 Å². The zero-order valence-electron chi connectivity index (χ0n) is 16.1. The summed E-state index contributed by atoms with van der Waals surface area (Å²) in [5.41, 5.74) is 0.618. The van der Waals surface area contributed by atoms with Gasteiger partial charge in [0.1, 0.15) is 12.6 Å². The Labute approximate surface area is 174 Å². The van der Waals surface area contributed by atoms with E-state index in [9.17, 15) is 5.11 Å². The number of aliphatic hydroxyl groups is 1. The SMILES string of the molecule is CCNC(=NCc1nc(C(C)OCC)no1)NCC(O)c1cc(Cl)cc(Cl)c1. The van der Waals surface area contributed by atoms with Crippen LogP contribution in [-0.2, 0) is 11.3 Å². The number of hydrogen-bond donors (Lipinski definition) is 3. The molecule has 0 aliphatic carbocycles. The number of halogens is 2. The Morgan fingerprint density at radius 1 is 1.25 bits per heavy atom. The van der Waals surface area contributed by atoms with Crippen molar-refractivity contribution < 1.29 is 14.4 Å². The number of aromatic nitrogens is 2. The summed E-state index contributed by atoms with van der Waals surface area (Å²) in [7, 11) is 0. The molecule has 2 rings (SSSR count). The number of nitrogens with zero attached hydrogens (tertiary/aromatic N) is 3. The molecule has 1 aromatic heterocycles. The van der Waals surface area contributed by atoms with Crippen molar-refractivity contribution in [1.82, 2.24) is 20.8 Å². The third-order valence-electron chi connectivity index (χ3n) is 3.71. The molecule has 2 atom stereocenters. The van der Waals surface area contributed by atoms with Crippen LogP contribution < -0.4 is 10.6 Å². The van der Waals surface area contributed by atoms with Crippen LogP contribution >= 0.6 is 23.2 Å². The van der Waals surface area contributed by atoms with E-state index < -0.39 is 6.10 Å². The average molecular weight is 430 g/mol. The van der Waals surface area contributed by atoms with E-state index in [1.807, 2.05) is 20.8 Å². The Morgan fingerprint density at radius 3 is 2.61 bits per heavy atom. The number of hydrogen-bond acceptors (Lipinski definition) is 6. The highest BCUT2D eigenvalue weighted by molar-refractivity contribution is 6.34. The van der Waals surface area contributed by atoms with Crippen molar-refractivity contribution in [2.24, 2.45) is 4.99 Å². The van der Waals surface area contributed by atoms with Crippen LogP contribution in [0.4, 0.5) is 0 Å². The molecule has 2 aromatic rings. The fraction of sp³-hybridized carbons (Fsp3) is 0.500. The van der Waals surface area contributed by atoms with Gasteiger partial charge < -0.3 is 25.0 Å². The summed E-state index contributed by atoms with van der Waals surface area (Å²) >= 11 is 12.0. The van der Waals surface area contributed by atoms with Crippen LogP contribution in [-0.4, -0.2) is 40.9 Å². The van der Waals surface area contributed by atoms with Crippen LogP contribution in [0.15, 0.2) is 27.7 Å². The normalized spacial score (nSPS) is 14.0. The zero-order chi connectivity index (χ0) is 20.5. The van der Waals surface area contributed by atoms with E-state index in [0.717, 1.165) is 0 Å². The van der Waals surface area contributed by atoms with Gasteiger partial charge in [-0.25, -0.2) is 4.99 Å². The molecule has 0 saturated carbocycles. The second kappa shape index (κ2) is 11.2. The van der Waals surface area contributed by atoms with Gasteiger partial charge in [-0.2, -0.15) is 4.98 Å². The number of aliphatic hydroxyl groups excluding tert-OH is 1. The van der Waals surface area contributed by atoms with Crippen molar-refractivity contribution in [1.29, 1.82) is 0 Å². The van der Waals surface area contributed by atoms with Crippen molar-refractivity contribution >= 4 is 29.2 Å². The third kappa shape index (κ3) is 6.94. The smallest absolute Gasteiger partial charge is 0.248 e. The lowest BCUT2D eigenvalue weighted by Gasteiger charge is -2.15. The maximum absolute atomic E-state index is 10.4. The highest BCUT2D eigenvalue weighted by Gasteiger charge is 2.14. The van der Waals surface area contributed by atoms with Gasteiger partial charge in [0, 0.05) is 29.7 Å². The predicted molar refractivity (Wildman–Crippen MR) is 109 cm³/mol. The molecule has 8 nitrogen and oxygen atoms in total. The molecule has 0 radical (unpaired) electrons. The van der Waals surface area contributed by atoms with E-state index in [4.69, 9.17) is 32.5 Å². The fourth-order valence-electron chi connectivity index (χ4n) is 2.39. The highest BCUT2D eigenvalue weighted by atomic mass is 35.5. The number of rotatable bonds is 9. The Balaban J connectivity index is 1.96. The van der Waals surface area contributed by atoms with E-state index in [1.54, 1.807) is 18.2 Å². The summed E-state index contributed by atoms with van der Waals surface area (Å²) in [5, 5.41) is 21.4. The lowest BCUT2D eigenvalue weighted by atomic mass is 10.1. The van der Waals surface area contributed by atoms with Gasteiger partial charge in [0.15, 0.2) is 11.8 Å². The van der Waals surface area contributed by atoms with E-state index in [2.05, 4.69) is 25.8 Å². The summed E-state index contributed by atoms with van der Waals surface area (Å²) < 4.78 is 10.6. The molecule has 10 heteroatoms. The molecule has 0 fully saturated rings. The Bertz CT molecular complexity index is 764. The van der Waals surface area contributed by atoms with Crippen LogP contribution in [0.25, 0.3) is 0 Å². The van der Waals surface area contributed by atoms with E-state index >= 15 is 0 Å². The minimum atomic E-state index is -0.804. The maximum atomic E-state index is 10.4.